The van der Waals surface area contributed by atoms with E-state index < -0.39 is 0 Å². The maximum absolute atomic E-state index is 5.51. The molecule has 21 heavy (non-hydrogen) atoms. The SMILES string of the molecule is CCCCOCCNC(=NC)NCc1nc(C(C)C)cs1. The molecule has 1 heterocycles. The molecule has 0 aliphatic heterocycles. The zero-order valence-corrected chi connectivity index (χ0v) is 14.4. The maximum atomic E-state index is 5.51. The largest absolute Gasteiger partial charge is 0.380 e. The topological polar surface area (TPSA) is 58.5 Å². The van der Waals surface area contributed by atoms with E-state index in [2.05, 4.69) is 46.8 Å². The van der Waals surface area contributed by atoms with Gasteiger partial charge >= 0.3 is 0 Å². The number of unbranched alkanes of at least 4 members (excludes halogenated alkanes) is 1. The second-order valence-electron chi connectivity index (χ2n) is 5.14. The Labute approximate surface area is 132 Å². The highest BCUT2D eigenvalue weighted by molar-refractivity contribution is 7.09. The summed E-state index contributed by atoms with van der Waals surface area (Å²) in [5, 5.41) is 9.72. The summed E-state index contributed by atoms with van der Waals surface area (Å²) >= 11 is 1.69. The minimum absolute atomic E-state index is 0.479. The van der Waals surface area contributed by atoms with E-state index in [-0.39, 0.29) is 0 Å². The van der Waals surface area contributed by atoms with Crippen LogP contribution in [0.5, 0.6) is 0 Å². The first-order valence-electron chi connectivity index (χ1n) is 7.64. The molecule has 0 radical (unpaired) electrons. The third-order valence-electron chi connectivity index (χ3n) is 2.97. The number of thiazole rings is 1. The van der Waals surface area contributed by atoms with Crippen LogP contribution in [0.3, 0.4) is 0 Å². The molecule has 0 spiro atoms. The van der Waals surface area contributed by atoms with Crippen molar-refractivity contribution in [1.29, 1.82) is 0 Å². The molecule has 0 bridgehead atoms. The number of rotatable bonds is 9. The van der Waals surface area contributed by atoms with Crippen LogP contribution in [0.4, 0.5) is 0 Å². The quantitative estimate of drug-likeness (QED) is 0.418. The summed E-state index contributed by atoms with van der Waals surface area (Å²) in [5.41, 5.74) is 1.16. The number of aliphatic imine (C=N–C) groups is 1. The molecular formula is C15H28N4OS. The van der Waals surface area contributed by atoms with Gasteiger partial charge < -0.3 is 15.4 Å². The van der Waals surface area contributed by atoms with Gasteiger partial charge in [0.1, 0.15) is 5.01 Å². The van der Waals surface area contributed by atoms with Gasteiger partial charge in [0.15, 0.2) is 5.96 Å². The number of nitrogens with one attached hydrogen (secondary N) is 2. The highest BCUT2D eigenvalue weighted by Crippen LogP contribution is 2.17. The molecule has 1 rings (SSSR count). The fourth-order valence-electron chi connectivity index (χ4n) is 1.64. The van der Waals surface area contributed by atoms with Gasteiger partial charge in [-0.05, 0) is 12.3 Å². The molecule has 0 saturated heterocycles. The highest BCUT2D eigenvalue weighted by Gasteiger charge is 2.06. The molecule has 2 N–H and O–H groups in total. The van der Waals surface area contributed by atoms with Crippen molar-refractivity contribution in [3.8, 4) is 0 Å². The van der Waals surface area contributed by atoms with Crippen molar-refractivity contribution in [2.75, 3.05) is 26.8 Å². The molecule has 0 aliphatic rings. The van der Waals surface area contributed by atoms with Crippen LogP contribution in [-0.2, 0) is 11.3 Å². The maximum Gasteiger partial charge on any atom is 0.191 e. The van der Waals surface area contributed by atoms with Crippen LogP contribution in [0.25, 0.3) is 0 Å². The Kier molecular flexibility index (Phi) is 9.01. The Balaban J connectivity index is 2.21. The Hall–Kier alpha value is -1.14. The molecule has 1 aromatic heterocycles. The van der Waals surface area contributed by atoms with Crippen molar-refractivity contribution in [2.45, 2.75) is 46.1 Å². The smallest absolute Gasteiger partial charge is 0.191 e. The van der Waals surface area contributed by atoms with E-state index in [1.165, 1.54) is 6.42 Å². The summed E-state index contributed by atoms with van der Waals surface area (Å²) in [7, 11) is 1.77. The average molecular weight is 312 g/mol. The molecule has 0 amide bonds. The fraction of sp³-hybridized carbons (Fsp3) is 0.733. The summed E-state index contributed by atoms with van der Waals surface area (Å²) in [6.07, 6.45) is 2.29. The third kappa shape index (κ3) is 7.43. The van der Waals surface area contributed by atoms with Gasteiger partial charge in [-0.3, -0.25) is 4.99 Å². The van der Waals surface area contributed by atoms with Gasteiger partial charge in [0.05, 0.1) is 18.8 Å². The van der Waals surface area contributed by atoms with Crippen molar-refractivity contribution >= 4 is 17.3 Å². The van der Waals surface area contributed by atoms with Crippen molar-refractivity contribution < 1.29 is 4.74 Å². The van der Waals surface area contributed by atoms with E-state index in [0.717, 1.165) is 36.2 Å². The molecule has 5 nitrogen and oxygen atoms in total. The minimum atomic E-state index is 0.479. The third-order valence-corrected chi connectivity index (χ3v) is 3.84. The molecule has 0 unspecified atom stereocenters. The van der Waals surface area contributed by atoms with Crippen LogP contribution in [0.2, 0.25) is 0 Å². The molecule has 0 aromatic carbocycles. The minimum Gasteiger partial charge on any atom is -0.380 e. The van der Waals surface area contributed by atoms with E-state index in [1.807, 2.05) is 0 Å². The standard InChI is InChI=1S/C15H28N4OS/c1-5-6-8-20-9-7-17-15(16-4)18-10-14-19-13(11-21-14)12(2)3/h11-12H,5-10H2,1-4H3,(H2,16,17,18). The summed E-state index contributed by atoms with van der Waals surface area (Å²) in [6, 6.07) is 0. The monoisotopic (exact) mass is 312 g/mol. The van der Waals surface area contributed by atoms with Gasteiger partial charge in [-0.1, -0.05) is 27.2 Å². The molecular weight excluding hydrogens is 284 g/mol. The first-order chi connectivity index (χ1) is 10.2. The Morgan fingerprint density at radius 2 is 2.19 bits per heavy atom. The number of nitrogens with zero attached hydrogens (tertiary/aromatic N) is 2. The van der Waals surface area contributed by atoms with Crippen molar-refractivity contribution in [2.24, 2.45) is 4.99 Å². The molecule has 0 saturated carbocycles. The second kappa shape index (κ2) is 10.6. The lowest BCUT2D eigenvalue weighted by atomic mass is 10.2. The number of ether oxygens (including phenoxy) is 1. The van der Waals surface area contributed by atoms with Crippen LogP contribution in [0, 0.1) is 0 Å². The van der Waals surface area contributed by atoms with E-state index in [9.17, 15) is 0 Å². The van der Waals surface area contributed by atoms with E-state index >= 15 is 0 Å². The molecule has 0 aliphatic carbocycles. The van der Waals surface area contributed by atoms with Gasteiger partial charge in [0, 0.05) is 25.6 Å². The lowest BCUT2D eigenvalue weighted by molar-refractivity contribution is 0.136. The lowest BCUT2D eigenvalue weighted by Gasteiger charge is -2.11. The van der Waals surface area contributed by atoms with Crippen LogP contribution in [0.1, 0.15) is 50.2 Å². The van der Waals surface area contributed by atoms with Gasteiger partial charge in [0.2, 0.25) is 0 Å². The fourth-order valence-corrected chi connectivity index (χ4v) is 2.54. The molecule has 1 aromatic rings. The van der Waals surface area contributed by atoms with Crippen LogP contribution >= 0.6 is 11.3 Å². The summed E-state index contributed by atoms with van der Waals surface area (Å²) in [4.78, 5) is 8.79. The normalized spacial score (nSPS) is 12.0. The first kappa shape index (κ1) is 17.9. The van der Waals surface area contributed by atoms with Crippen molar-refractivity contribution in [1.82, 2.24) is 15.6 Å². The molecule has 0 atom stereocenters. The Morgan fingerprint density at radius 3 is 2.81 bits per heavy atom. The summed E-state index contributed by atoms with van der Waals surface area (Å²) in [5.74, 6) is 1.27. The predicted molar refractivity (Wildman–Crippen MR) is 90.1 cm³/mol. The summed E-state index contributed by atoms with van der Waals surface area (Å²) in [6.45, 7) is 9.48. The lowest BCUT2D eigenvalue weighted by Crippen LogP contribution is -2.38. The van der Waals surface area contributed by atoms with Crippen LogP contribution in [0.15, 0.2) is 10.4 Å². The molecule has 120 valence electrons. The van der Waals surface area contributed by atoms with Gasteiger partial charge in [-0.2, -0.15) is 0 Å². The zero-order chi connectivity index (χ0) is 15.5. The zero-order valence-electron chi connectivity index (χ0n) is 13.6. The number of hydrogen-bond donors (Lipinski definition) is 2. The molecule has 0 fully saturated rings. The van der Waals surface area contributed by atoms with E-state index in [0.29, 0.717) is 19.1 Å². The van der Waals surface area contributed by atoms with E-state index in [1.54, 1.807) is 18.4 Å². The van der Waals surface area contributed by atoms with Crippen molar-refractivity contribution in [3.05, 3.63) is 16.1 Å². The van der Waals surface area contributed by atoms with Gasteiger partial charge in [-0.25, -0.2) is 4.98 Å². The van der Waals surface area contributed by atoms with Crippen LogP contribution < -0.4 is 10.6 Å². The van der Waals surface area contributed by atoms with Gasteiger partial charge in [-0.15, -0.1) is 11.3 Å². The summed E-state index contributed by atoms with van der Waals surface area (Å²) < 4.78 is 5.51. The first-order valence-corrected chi connectivity index (χ1v) is 8.51. The van der Waals surface area contributed by atoms with Gasteiger partial charge in [0.25, 0.3) is 0 Å². The van der Waals surface area contributed by atoms with Crippen LogP contribution in [-0.4, -0.2) is 37.7 Å². The number of aromatic nitrogens is 1. The predicted octanol–water partition coefficient (Wildman–Crippen LogP) is 2.75. The average Bonchev–Trinajstić information content (AvgIpc) is 2.95. The Morgan fingerprint density at radius 1 is 1.38 bits per heavy atom. The second-order valence-corrected chi connectivity index (χ2v) is 6.08. The number of guanidine groups is 1. The highest BCUT2D eigenvalue weighted by atomic mass is 32.1. The Bertz CT molecular complexity index is 418. The van der Waals surface area contributed by atoms with E-state index in [4.69, 9.17) is 4.74 Å². The molecule has 6 heteroatoms. The number of hydrogen-bond acceptors (Lipinski definition) is 4. The van der Waals surface area contributed by atoms with Crippen molar-refractivity contribution in [3.63, 3.8) is 0 Å².